The van der Waals surface area contributed by atoms with E-state index in [1.807, 2.05) is 42.5 Å². The standard InChI is InChI=1S/C21H18ClN5OS/c22-17-15-6-3-13(20-25-9-10-26-20)11-16(15)29-18(17)21(28)27-14-4-1-12(2-5-14)19-23-7-8-24-19/h1-6,11H,7-10H2,(H,23,24)(H,25,26)(H,27,28). The molecule has 0 fully saturated rings. The first-order chi connectivity index (χ1) is 14.2. The highest BCUT2D eigenvalue weighted by molar-refractivity contribution is 7.21. The van der Waals surface area contributed by atoms with Crippen LogP contribution in [0.15, 0.2) is 52.4 Å². The van der Waals surface area contributed by atoms with E-state index < -0.39 is 0 Å². The Morgan fingerprint density at radius 2 is 1.62 bits per heavy atom. The fourth-order valence-electron chi connectivity index (χ4n) is 3.44. The minimum Gasteiger partial charge on any atom is -0.368 e. The van der Waals surface area contributed by atoms with Crippen LogP contribution in [0.25, 0.3) is 10.1 Å². The molecule has 2 aliphatic heterocycles. The molecule has 0 atom stereocenters. The second-order valence-corrected chi connectivity index (χ2v) is 8.23. The molecule has 0 bridgehead atoms. The Balaban J connectivity index is 1.38. The summed E-state index contributed by atoms with van der Waals surface area (Å²) in [5, 5.41) is 10.8. The average molecular weight is 424 g/mol. The van der Waals surface area contributed by atoms with E-state index in [0.717, 1.165) is 64.8 Å². The van der Waals surface area contributed by atoms with Crippen molar-refractivity contribution in [3.8, 4) is 0 Å². The van der Waals surface area contributed by atoms with Gasteiger partial charge in [0, 0.05) is 40.0 Å². The summed E-state index contributed by atoms with van der Waals surface area (Å²) in [4.78, 5) is 22.2. The number of amides is 1. The van der Waals surface area contributed by atoms with Crippen molar-refractivity contribution in [2.45, 2.75) is 0 Å². The van der Waals surface area contributed by atoms with Gasteiger partial charge >= 0.3 is 0 Å². The largest absolute Gasteiger partial charge is 0.368 e. The van der Waals surface area contributed by atoms with Crippen molar-refractivity contribution in [2.75, 3.05) is 31.5 Å². The van der Waals surface area contributed by atoms with Crippen LogP contribution in [0.1, 0.15) is 20.8 Å². The Morgan fingerprint density at radius 3 is 2.28 bits per heavy atom. The Morgan fingerprint density at radius 1 is 0.966 bits per heavy atom. The van der Waals surface area contributed by atoms with E-state index in [1.165, 1.54) is 11.3 Å². The molecule has 2 aromatic carbocycles. The number of aliphatic imine (C=N–C) groups is 2. The minimum atomic E-state index is -0.210. The van der Waals surface area contributed by atoms with Gasteiger partial charge in [-0.05, 0) is 30.3 Å². The van der Waals surface area contributed by atoms with E-state index in [4.69, 9.17) is 11.6 Å². The highest BCUT2D eigenvalue weighted by atomic mass is 35.5. The highest BCUT2D eigenvalue weighted by Crippen LogP contribution is 2.36. The molecule has 0 spiro atoms. The predicted molar refractivity (Wildman–Crippen MR) is 120 cm³/mol. The monoisotopic (exact) mass is 423 g/mol. The Labute approximate surface area is 176 Å². The van der Waals surface area contributed by atoms with Crippen LogP contribution in [0.4, 0.5) is 5.69 Å². The molecule has 6 nitrogen and oxygen atoms in total. The summed E-state index contributed by atoms with van der Waals surface area (Å²) in [6.07, 6.45) is 0. The topological polar surface area (TPSA) is 77.9 Å². The van der Waals surface area contributed by atoms with Crippen LogP contribution in [0.3, 0.4) is 0 Å². The Kier molecular flexibility index (Phi) is 4.69. The van der Waals surface area contributed by atoms with Crippen LogP contribution in [0.5, 0.6) is 0 Å². The van der Waals surface area contributed by atoms with Gasteiger partial charge in [-0.3, -0.25) is 14.8 Å². The summed E-state index contributed by atoms with van der Waals surface area (Å²) in [6, 6.07) is 13.6. The first-order valence-electron chi connectivity index (χ1n) is 9.40. The summed E-state index contributed by atoms with van der Waals surface area (Å²) in [5.41, 5.74) is 2.74. The fourth-order valence-corrected chi connectivity index (χ4v) is 4.89. The van der Waals surface area contributed by atoms with Gasteiger partial charge in [-0.25, -0.2) is 0 Å². The summed E-state index contributed by atoms with van der Waals surface area (Å²) in [5.74, 6) is 1.58. The molecular weight excluding hydrogens is 406 g/mol. The second-order valence-electron chi connectivity index (χ2n) is 6.80. The maximum Gasteiger partial charge on any atom is 0.267 e. The molecule has 0 saturated carbocycles. The lowest BCUT2D eigenvalue weighted by atomic mass is 10.1. The molecule has 3 heterocycles. The van der Waals surface area contributed by atoms with E-state index in [0.29, 0.717) is 9.90 Å². The number of benzene rings is 2. The van der Waals surface area contributed by atoms with Gasteiger partial charge in [-0.2, -0.15) is 0 Å². The number of hydrogen-bond acceptors (Lipinski definition) is 6. The first kappa shape index (κ1) is 18.1. The van der Waals surface area contributed by atoms with E-state index in [9.17, 15) is 4.79 Å². The molecule has 2 aliphatic rings. The molecule has 8 heteroatoms. The number of carbonyl (C=O) groups excluding carboxylic acids is 1. The quantitative estimate of drug-likeness (QED) is 0.601. The number of halogens is 1. The second kappa shape index (κ2) is 7.50. The minimum absolute atomic E-state index is 0.210. The number of fused-ring (bicyclic) bond motifs is 1. The van der Waals surface area contributed by atoms with Crippen molar-refractivity contribution in [1.82, 2.24) is 10.6 Å². The van der Waals surface area contributed by atoms with Gasteiger partial charge in [-0.15, -0.1) is 11.3 Å². The summed E-state index contributed by atoms with van der Waals surface area (Å²) < 4.78 is 0.967. The number of rotatable bonds is 4. The number of hydrogen-bond donors (Lipinski definition) is 3. The van der Waals surface area contributed by atoms with Crippen molar-refractivity contribution < 1.29 is 4.79 Å². The normalized spacial score (nSPS) is 15.6. The lowest BCUT2D eigenvalue weighted by Crippen LogP contribution is -2.19. The third-order valence-electron chi connectivity index (χ3n) is 4.87. The lowest BCUT2D eigenvalue weighted by molar-refractivity contribution is 0.103. The number of anilines is 1. The van der Waals surface area contributed by atoms with Gasteiger partial charge in [0.15, 0.2) is 0 Å². The fraction of sp³-hybridized carbons (Fsp3) is 0.190. The van der Waals surface area contributed by atoms with Crippen LogP contribution < -0.4 is 16.0 Å². The molecule has 1 aromatic heterocycles. The average Bonchev–Trinajstić information content (AvgIpc) is 3.50. The van der Waals surface area contributed by atoms with Crippen molar-refractivity contribution in [2.24, 2.45) is 9.98 Å². The van der Waals surface area contributed by atoms with Crippen LogP contribution in [-0.4, -0.2) is 43.8 Å². The van der Waals surface area contributed by atoms with Crippen molar-refractivity contribution in [3.05, 3.63) is 63.5 Å². The van der Waals surface area contributed by atoms with E-state index in [-0.39, 0.29) is 5.91 Å². The molecule has 3 aromatic rings. The first-order valence-corrected chi connectivity index (χ1v) is 10.6. The van der Waals surface area contributed by atoms with E-state index in [1.54, 1.807) is 0 Å². The molecule has 3 N–H and O–H groups in total. The number of nitrogens with one attached hydrogen (secondary N) is 3. The van der Waals surface area contributed by atoms with Gasteiger partial charge in [-0.1, -0.05) is 23.7 Å². The van der Waals surface area contributed by atoms with Crippen molar-refractivity contribution >= 4 is 56.3 Å². The predicted octanol–water partition coefficient (Wildman–Crippen LogP) is 3.51. The van der Waals surface area contributed by atoms with Crippen LogP contribution >= 0.6 is 22.9 Å². The molecular formula is C21H18ClN5OS. The van der Waals surface area contributed by atoms with Gasteiger partial charge in [0.2, 0.25) is 0 Å². The van der Waals surface area contributed by atoms with Gasteiger partial charge in [0.1, 0.15) is 16.5 Å². The van der Waals surface area contributed by atoms with E-state index in [2.05, 4.69) is 25.9 Å². The molecule has 146 valence electrons. The summed E-state index contributed by atoms with van der Waals surface area (Å²) in [6.45, 7) is 3.30. The highest BCUT2D eigenvalue weighted by Gasteiger charge is 2.19. The maximum absolute atomic E-state index is 12.8. The zero-order valence-corrected chi connectivity index (χ0v) is 17.0. The maximum atomic E-state index is 12.8. The van der Waals surface area contributed by atoms with Crippen LogP contribution in [0, 0.1) is 0 Å². The van der Waals surface area contributed by atoms with Crippen molar-refractivity contribution in [1.29, 1.82) is 0 Å². The van der Waals surface area contributed by atoms with E-state index >= 15 is 0 Å². The molecule has 0 aliphatic carbocycles. The molecule has 1 amide bonds. The third kappa shape index (κ3) is 3.47. The SMILES string of the molecule is O=C(Nc1ccc(C2=NCCN2)cc1)c1sc2cc(C3=NCCN3)ccc2c1Cl. The number of nitrogens with zero attached hydrogens (tertiary/aromatic N) is 2. The number of amidine groups is 2. The third-order valence-corrected chi connectivity index (χ3v) is 6.53. The summed E-state index contributed by atoms with van der Waals surface area (Å²) >= 11 is 7.91. The Hall–Kier alpha value is -2.90. The summed E-state index contributed by atoms with van der Waals surface area (Å²) in [7, 11) is 0. The van der Waals surface area contributed by atoms with Gasteiger partial charge in [0.25, 0.3) is 5.91 Å². The molecule has 0 saturated heterocycles. The number of carbonyl (C=O) groups is 1. The zero-order valence-electron chi connectivity index (χ0n) is 15.5. The van der Waals surface area contributed by atoms with Crippen LogP contribution in [0.2, 0.25) is 5.02 Å². The lowest BCUT2D eigenvalue weighted by Gasteiger charge is -2.06. The Bertz CT molecular complexity index is 1170. The van der Waals surface area contributed by atoms with Crippen LogP contribution in [-0.2, 0) is 0 Å². The molecule has 0 radical (unpaired) electrons. The molecule has 5 rings (SSSR count). The van der Waals surface area contributed by atoms with Crippen molar-refractivity contribution in [3.63, 3.8) is 0 Å². The molecule has 0 unspecified atom stereocenters. The number of thiophene rings is 1. The molecule has 29 heavy (non-hydrogen) atoms. The van der Waals surface area contributed by atoms with Gasteiger partial charge < -0.3 is 16.0 Å². The zero-order chi connectivity index (χ0) is 19.8. The van der Waals surface area contributed by atoms with Gasteiger partial charge in [0.05, 0.1) is 18.1 Å². The smallest absolute Gasteiger partial charge is 0.267 e.